The second kappa shape index (κ2) is 10.1. The van der Waals surface area contributed by atoms with Crippen LogP contribution in [0.4, 0.5) is 5.13 Å². The minimum absolute atomic E-state index is 0. The molecule has 0 amide bonds. The molecule has 0 radical (unpaired) electrons. The number of anilines is 1. The molecule has 1 atom stereocenters. The normalized spacial score (nSPS) is 13.7. The van der Waals surface area contributed by atoms with E-state index >= 15 is 0 Å². The van der Waals surface area contributed by atoms with Gasteiger partial charge in [0.2, 0.25) is 0 Å². The first-order chi connectivity index (χ1) is 11.8. The lowest BCUT2D eigenvalue weighted by Gasteiger charge is -2.23. The number of hydrogen-bond acceptors (Lipinski definition) is 6. The van der Waals surface area contributed by atoms with Gasteiger partial charge in [0, 0.05) is 44.8 Å². The Bertz CT molecular complexity index is 711. The van der Waals surface area contributed by atoms with Crippen molar-refractivity contribution in [3.8, 4) is 0 Å². The standard InChI is InChI=1S/C16H27N7OS.HI/c1-6-17-14(18-8-13-10-25-15(21-13)22(3)4)19-11-16(2,24)12-7-20-23(5)9-12;/h7,9-10,24H,6,8,11H2,1-5H3,(H2,17,18,19);1H. The van der Waals surface area contributed by atoms with Gasteiger partial charge in [-0.25, -0.2) is 9.98 Å². The van der Waals surface area contributed by atoms with E-state index in [9.17, 15) is 5.11 Å². The van der Waals surface area contributed by atoms with Gasteiger partial charge in [-0.3, -0.25) is 4.68 Å². The number of thiazole rings is 1. The Morgan fingerprint density at radius 2 is 2.15 bits per heavy atom. The maximum atomic E-state index is 10.7. The minimum Gasteiger partial charge on any atom is -0.383 e. The zero-order valence-corrected chi connectivity index (χ0v) is 19.0. The van der Waals surface area contributed by atoms with Crippen LogP contribution >= 0.6 is 35.3 Å². The van der Waals surface area contributed by atoms with Gasteiger partial charge in [0.05, 0.1) is 25.0 Å². The number of nitrogens with zero attached hydrogens (tertiary/aromatic N) is 5. The van der Waals surface area contributed by atoms with Crippen molar-refractivity contribution in [2.24, 2.45) is 12.0 Å². The summed E-state index contributed by atoms with van der Waals surface area (Å²) in [6, 6.07) is 0. The molecule has 0 spiro atoms. The summed E-state index contributed by atoms with van der Waals surface area (Å²) in [4.78, 5) is 11.0. The number of aliphatic imine (C=N–C) groups is 1. The summed E-state index contributed by atoms with van der Waals surface area (Å²) in [7, 11) is 5.77. The molecule has 2 heterocycles. The highest BCUT2D eigenvalue weighted by atomic mass is 127. The number of nitrogens with one attached hydrogen (secondary N) is 2. The Morgan fingerprint density at radius 3 is 2.69 bits per heavy atom. The van der Waals surface area contributed by atoms with E-state index in [0.717, 1.165) is 22.9 Å². The van der Waals surface area contributed by atoms with Crippen LogP contribution in [0.25, 0.3) is 0 Å². The maximum absolute atomic E-state index is 10.7. The van der Waals surface area contributed by atoms with Gasteiger partial charge in [-0.2, -0.15) is 5.10 Å². The Morgan fingerprint density at radius 1 is 1.42 bits per heavy atom. The van der Waals surface area contributed by atoms with E-state index in [1.165, 1.54) is 0 Å². The number of aliphatic hydroxyl groups is 1. The third-order valence-corrected chi connectivity index (χ3v) is 4.65. The maximum Gasteiger partial charge on any atom is 0.191 e. The molecule has 10 heteroatoms. The molecule has 0 aliphatic rings. The van der Waals surface area contributed by atoms with E-state index in [2.05, 4.69) is 25.7 Å². The van der Waals surface area contributed by atoms with Gasteiger partial charge in [-0.15, -0.1) is 35.3 Å². The summed E-state index contributed by atoms with van der Waals surface area (Å²) in [6.07, 6.45) is 3.48. The van der Waals surface area contributed by atoms with Crippen LogP contribution in [0.15, 0.2) is 22.8 Å². The van der Waals surface area contributed by atoms with E-state index in [1.54, 1.807) is 29.1 Å². The Hall–Kier alpha value is -1.40. The lowest BCUT2D eigenvalue weighted by Crippen LogP contribution is -2.44. The van der Waals surface area contributed by atoms with E-state index in [-0.39, 0.29) is 24.0 Å². The van der Waals surface area contributed by atoms with Crippen LogP contribution in [-0.2, 0) is 19.2 Å². The average molecular weight is 493 g/mol. The molecule has 2 aromatic rings. The zero-order valence-electron chi connectivity index (χ0n) is 15.9. The molecular formula is C16H28IN7OS. The van der Waals surface area contributed by atoms with Crippen LogP contribution in [0.3, 0.4) is 0 Å². The van der Waals surface area contributed by atoms with Gasteiger partial charge in [0.25, 0.3) is 0 Å². The Balaban J connectivity index is 0.00000338. The molecule has 3 N–H and O–H groups in total. The fourth-order valence-electron chi connectivity index (χ4n) is 2.13. The smallest absolute Gasteiger partial charge is 0.191 e. The number of guanidine groups is 1. The molecule has 0 saturated carbocycles. The van der Waals surface area contributed by atoms with Crippen molar-refractivity contribution in [3.05, 3.63) is 29.0 Å². The van der Waals surface area contributed by atoms with E-state index in [0.29, 0.717) is 19.0 Å². The van der Waals surface area contributed by atoms with Crippen LogP contribution < -0.4 is 15.5 Å². The van der Waals surface area contributed by atoms with Gasteiger partial charge in [0.15, 0.2) is 11.1 Å². The number of hydrogen-bond donors (Lipinski definition) is 3. The fourth-order valence-corrected chi connectivity index (χ4v) is 2.88. The van der Waals surface area contributed by atoms with Crippen LogP contribution in [0.2, 0.25) is 0 Å². The summed E-state index contributed by atoms with van der Waals surface area (Å²) in [5.74, 6) is 0.645. The predicted molar refractivity (Wildman–Crippen MR) is 117 cm³/mol. The molecule has 0 bridgehead atoms. The van der Waals surface area contributed by atoms with Crippen molar-refractivity contribution in [2.45, 2.75) is 26.0 Å². The topological polar surface area (TPSA) is 90.6 Å². The number of aromatic nitrogens is 3. The van der Waals surface area contributed by atoms with Crippen molar-refractivity contribution < 1.29 is 5.11 Å². The van der Waals surface area contributed by atoms with Crippen LogP contribution in [0.5, 0.6) is 0 Å². The third kappa shape index (κ3) is 6.40. The van der Waals surface area contributed by atoms with Crippen molar-refractivity contribution >= 4 is 46.4 Å². The fraction of sp³-hybridized carbons (Fsp3) is 0.562. The molecule has 8 nitrogen and oxygen atoms in total. The van der Waals surface area contributed by atoms with Gasteiger partial charge in [-0.05, 0) is 13.8 Å². The first-order valence-corrected chi connectivity index (χ1v) is 9.05. The van der Waals surface area contributed by atoms with E-state index in [1.807, 2.05) is 44.5 Å². The molecular weight excluding hydrogens is 465 g/mol. The third-order valence-electron chi connectivity index (χ3n) is 3.59. The lowest BCUT2D eigenvalue weighted by atomic mass is 10.00. The van der Waals surface area contributed by atoms with Crippen molar-refractivity contribution in [1.29, 1.82) is 0 Å². The van der Waals surface area contributed by atoms with Gasteiger partial charge < -0.3 is 20.6 Å². The molecule has 2 rings (SSSR count). The van der Waals surface area contributed by atoms with E-state index < -0.39 is 5.60 Å². The first kappa shape index (κ1) is 22.6. The molecule has 146 valence electrons. The zero-order chi connectivity index (χ0) is 18.4. The molecule has 0 aromatic carbocycles. The molecule has 0 aliphatic heterocycles. The largest absolute Gasteiger partial charge is 0.383 e. The quantitative estimate of drug-likeness (QED) is 0.308. The van der Waals surface area contributed by atoms with Crippen LogP contribution in [-0.4, -0.2) is 53.0 Å². The summed E-state index contributed by atoms with van der Waals surface area (Å²) < 4.78 is 1.67. The van der Waals surface area contributed by atoms with Crippen LogP contribution in [0, 0.1) is 0 Å². The Labute approximate surface area is 175 Å². The summed E-state index contributed by atoms with van der Waals surface area (Å²) in [5.41, 5.74) is 0.641. The van der Waals surface area contributed by atoms with Crippen molar-refractivity contribution in [3.63, 3.8) is 0 Å². The highest BCUT2D eigenvalue weighted by Crippen LogP contribution is 2.19. The number of halogens is 1. The first-order valence-electron chi connectivity index (χ1n) is 8.17. The van der Waals surface area contributed by atoms with E-state index in [4.69, 9.17) is 0 Å². The molecule has 0 aliphatic carbocycles. The Kier molecular flexibility index (Phi) is 8.77. The molecule has 0 saturated heterocycles. The second-order valence-electron chi connectivity index (χ2n) is 6.24. The lowest BCUT2D eigenvalue weighted by molar-refractivity contribution is 0.0616. The monoisotopic (exact) mass is 493 g/mol. The highest BCUT2D eigenvalue weighted by molar-refractivity contribution is 14.0. The average Bonchev–Trinajstić information content (AvgIpc) is 3.19. The summed E-state index contributed by atoms with van der Waals surface area (Å²) in [6.45, 7) is 5.30. The van der Waals surface area contributed by atoms with Crippen LogP contribution in [0.1, 0.15) is 25.1 Å². The molecule has 2 aromatic heterocycles. The number of aryl methyl sites for hydroxylation is 1. The summed E-state index contributed by atoms with van der Waals surface area (Å²) in [5, 5.41) is 24.1. The van der Waals surface area contributed by atoms with Gasteiger partial charge in [-0.1, -0.05) is 0 Å². The minimum atomic E-state index is -1.04. The molecule has 0 fully saturated rings. The molecule has 1 unspecified atom stereocenters. The number of rotatable bonds is 7. The van der Waals surface area contributed by atoms with Gasteiger partial charge >= 0.3 is 0 Å². The SMILES string of the molecule is CCNC(=NCc1csc(N(C)C)n1)NCC(C)(O)c1cnn(C)c1.I. The summed E-state index contributed by atoms with van der Waals surface area (Å²) >= 11 is 1.60. The van der Waals surface area contributed by atoms with Crippen molar-refractivity contribution in [1.82, 2.24) is 25.4 Å². The highest BCUT2D eigenvalue weighted by Gasteiger charge is 2.25. The van der Waals surface area contributed by atoms with Gasteiger partial charge in [0.1, 0.15) is 5.60 Å². The van der Waals surface area contributed by atoms with Crippen molar-refractivity contribution in [2.75, 3.05) is 32.1 Å². The second-order valence-corrected chi connectivity index (χ2v) is 7.08. The molecule has 26 heavy (non-hydrogen) atoms. The predicted octanol–water partition coefficient (Wildman–Crippen LogP) is 1.52.